The van der Waals surface area contributed by atoms with Crippen LogP contribution in [0.2, 0.25) is 0 Å². The van der Waals surface area contributed by atoms with E-state index in [2.05, 4.69) is 58.2 Å². The Morgan fingerprint density at radius 3 is 2.67 bits per heavy atom. The summed E-state index contributed by atoms with van der Waals surface area (Å²) >= 11 is 0. The molecular weight excluding hydrogens is 535 g/mol. The molecule has 1 saturated heterocycles. The first-order valence-electron chi connectivity index (χ1n) is 11.6. The van der Waals surface area contributed by atoms with Gasteiger partial charge in [0.2, 0.25) is 12.7 Å². The van der Waals surface area contributed by atoms with Crippen LogP contribution in [-0.2, 0) is 13.0 Å². The number of hydrogen-bond acceptors (Lipinski definition) is 7. The van der Waals surface area contributed by atoms with Crippen molar-refractivity contribution in [3.63, 3.8) is 0 Å². The van der Waals surface area contributed by atoms with Crippen molar-refractivity contribution in [3.8, 4) is 11.5 Å². The summed E-state index contributed by atoms with van der Waals surface area (Å²) in [6.07, 6.45) is 1.64. The average Bonchev–Trinajstić information content (AvgIpc) is 3.46. The van der Waals surface area contributed by atoms with E-state index < -0.39 is 0 Å². The zero-order valence-electron chi connectivity index (χ0n) is 19.7. The maximum atomic E-state index is 5.50. The Kier molecular flexibility index (Phi) is 9.60. The normalized spacial score (nSPS) is 16.2. The van der Waals surface area contributed by atoms with Gasteiger partial charge in [-0.3, -0.25) is 9.89 Å². The number of nitrogens with one attached hydrogen (secondary N) is 1. The lowest BCUT2D eigenvalue weighted by Crippen LogP contribution is -2.52. The molecule has 1 aromatic heterocycles. The van der Waals surface area contributed by atoms with Gasteiger partial charge in [0, 0.05) is 58.2 Å². The fourth-order valence-electron chi connectivity index (χ4n) is 3.86. The number of aryl methyl sites for hydroxylation is 1. The van der Waals surface area contributed by atoms with Crippen LogP contribution in [0.25, 0.3) is 0 Å². The minimum atomic E-state index is 0. The van der Waals surface area contributed by atoms with Crippen LogP contribution in [-0.4, -0.2) is 72.0 Å². The van der Waals surface area contributed by atoms with Crippen LogP contribution < -0.4 is 14.8 Å². The summed E-state index contributed by atoms with van der Waals surface area (Å²) in [4.78, 5) is 14.1. The summed E-state index contributed by atoms with van der Waals surface area (Å²) in [5.74, 6) is 4.44. The molecule has 1 aromatic carbocycles. The van der Waals surface area contributed by atoms with E-state index >= 15 is 0 Å². The van der Waals surface area contributed by atoms with Gasteiger partial charge in [-0.1, -0.05) is 25.1 Å². The third-order valence-corrected chi connectivity index (χ3v) is 5.66. The Morgan fingerprint density at radius 2 is 1.94 bits per heavy atom. The van der Waals surface area contributed by atoms with Crippen molar-refractivity contribution >= 4 is 29.9 Å². The number of ether oxygens (including phenoxy) is 2. The van der Waals surface area contributed by atoms with E-state index in [-0.39, 0.29) is 29.9 Å². The fraction of sp³-hybridized carbons (Fsp3) is 0.609. The van der Waals surface area contributed by atoms with E-state index in [4.69, 9.17) is 19.0 Å². The molecule has 0 atom stereocenters. The Labute approximate surface area is 212 Å². The van der Waals surface area contributed by atoms with E-state index in [0.717, 1.165) is 81.9 Å². The van der Waals surface area contributed by atoms with Gasteiger partial charge in [-0.2, -0.15) is 4.98 Å². The van der Waals surface area contributed by atoms with Crippen LogP contribution in [0.4, 0.5) is 0 Å². The maximum absolute atomic E-state index is 5.50. The highest BCUT2D eigenvalue weighted by atomic mass is 127. The highest BCUT2D eigenvalue weighted by molar-refractivity contribution is 14.0. The number of fused-ring (bicyclic) bond motifs is 1. The summed E-state index contributed by atoms with van der Waals surface area (Å²) in [5.41, 5.74) is 1.25. The number of aromatic nitrogens is 2. The topological polar surface area (TPSA) is 88.2 Å². The van der Waals surface area contributed by atoms with Gasteiger partial charge in [0.1, 0.15) is 0 Å². The third kappa shape index (κ3) is 6.95. The Hall–Kier alpha value is -2.08. The fourth-order valence-corrected chi connectivity index (χ4v) is 3.86. The molecule has 9 nitrogen and oxygen atoms in total. The van der Waals surface area contributed by atoms with Gasteiger partial charge in [-0.25, -0.2) is 0 Å². The molecule has 0 unspecified atom stereocenters. The number of benzene rings is 1. The molecule has 0 spiro atoms. The van der Waals surface area contributed by atoms with Crippen LogP contribution in [0, 0.1) is 0 Å². The second kappa shape index (κ2) is 12.4. The molecule has 2 aromatic rings. The number of rotatable bonds is 8. The van der Waals surface area contributed by atoms with Crippen molar-refractivity contribution in [3.05, 3.63) is 35.5 Å². The molecule has 0 radical (unpaired) electrons. The average molecular weight is 570 g/mol. The zero-order valence-corrected chi connectivity index (χ0v) is 22.1. The first kappa shape index (κ1) is 25.5. The minimum Gasteiger partial charge on any atom is -0.454 e. The van der Waals surface area contributed by atoms with Gasteiger partial charge < -0.3 is 24.2 Å². The summed E-state index contributed by atoms with van der Waals surface area (Å²) in [6, 6.07) is 6.22. The number of halogens is 1. The van der Waals surface area contributed by atoms with Crippen molar-refractivity contribution in [2.24, 2.45) is 4.99 Å². The van der Waals surface area contributed by atoms with E-state index in [1.54, 1.807) is 0 Å². The Balaban J connectivity index is 0.00000306. The van der Waals surface area contributed by atoms with Crippen molar-refractivity contribution in [2.45, 2.75) is 46.1 Å². The largest absolute Gasteiger partial charge is 0.454 e. The molecule has 2 aliphatic heterocycles. The van der Waals surface area contributed by atoms with Crippen molar-refractivity contribution in [1.82, 2.24) is 25.3 Å². The van der Waals surface area contributed by atoms with Crippen LogP contribution in [0.5, 0.6) is 11.5 Å². The number of aliphatic imine (C=N–C) groups is 1. The number of nitrogens with zero attached hydrogens (tertiary/aromatic N) is 5. The number of guanidine groups is 1. The predicted molar refractivity (Wildman–Crippen MR) is 138 cm³/mol. The molecule has 0 aliphatic carbocycles. The molecule has 0 amide bonds. The maximum Gasteiger partial charge on any atom is 0.231 e. The van der Waals surface area contributed by atoms with Gasteiger partial charge in [-0.05, 0) is 31.0 Å². The monoisotopic (exact) mass is 570 g/mol. The second-order valence-electron chi connectivity index (χ2n) is 8.49. The molecule has 33 heavy (non-hydrogen) atoms. The summed E-state index contributed by atoms with van der Waals surface area (Å²) < 4.78 is 16.2. The van der Waals surface area contributed by atoms with E-state index in [0.29, 0.717) is 12.7 Å². The molecule has 1 fully saturated rings. The summed E-state index contributed by atoms with van der Waals surface area (Å²) in [7, 11) is 0. The van der Waals surface area contributed by atoms with Crippen LogP contribution in [0.3, 0.4) is 0 Å². The Morgan fingerprint density at radius 1 is 1.15 bits per heavy atom. The lowest BCUT2D eigenvalue weighted by atomic mass is 10.1. The van der Waals surface area contributed by atoms with E-state index in [9.17, 15) is 0 Å². The first-order chi connectivity index (χ1) is 15.6. The second-order valence-corrected chi connectivity index (χ2v) is 8.49. The molecule has 1 N–H and O–H groups in total. The molecule has 10 heteroatoms. The standard InChI is InChI=1S/C23H34N6O3.HI/c1-4-24-23(25-9-5-6-21-26-22(17(2)3)27-32-21)29-12-10-28(11-13-29)15-18-7-8-19-20(14-18)31-16-30-19;/h7-8,14,17H,4-6,9-13,15-16H2,1-3H3,(H,24,25);1H. The number of piperazine rings is 1. The third-order valence-electron chi connectivity index (χ3n) is 5.66. The lowest BCUT2D eigenvalue weighted by molar-refractivity contribution is 0.171. The molecule has 2 aliphatic rings. The summed E-state index contributed by atoms with van der Waals surface area (Å²) in [6.45, 7) is 13.0. The van der Waals surface area contributed by atoms with Gasteiger partial charge in [0.15, 0.2) is 23.3 Å². The SMILES string of the molecule is CCNC(=NCCCc1nc(C(C)C)no1)N1CCN(Cc2ccc3c(c2)OCO3)CC1.I. The van der Waals surface area contributed by atoms with Crippen LogP contribution >= 0.6 is 24.0 Å². The molecule has 182 valence electrons. The van der Waals surface area contributed by atoms with Crippen molar-refractivity contribution < 1.29 is 14.0 Å². The summed E-state index contributed by atoms with van der Waals surface area (Å²) in [5, 5.41) is 7.46. The lowest BCUT2D eigenvalue weighted by Gasteiger charge is -2.36. The van der Waals surface area contributed by atoms with Gasteiger partial charge >= 0.3 is 0 Å². The van der Waals surface area contributed by atoms with Crippen LogP contribution in [0.15, 0.2) is 27.7 Å². The quantitative estimate of drug-likeness (QED) is 0.224. The molecular formula is C23H35IN6O3. The molecule has 0 saturated carbocycles. The predicted octanol–water partition coefficient (Wildman–Crippen LogP) is 3.26. The molecule has 4 rings (SSSR count). The Bertz CT molecular complexity index is 911. The number of hydrogen-bond donors (Lipinski definition) is 1. The van der Waals surface area contributed by atoms with Gasteiger partial charge in [0.05, 0.1) is 0 Å². The highest BCUT2D eigenvalue weighted by Crippen LogP contribution is 2.32. The molecule has 3 heterocycles. The first-order valence-corrected chi connectivity index (χ1v) is 11.6. The van der Waals surface area contributed by atoms with Gasteiger partial charge in [0.25, 0.3) is 0 Å². The molecule has 0 bridgehead atoms. The highest BCUT2D eigenvalue weighted by Gasteiger charge is 2.21. The van der Waals surface area contributed by atoms with Crippen molar-refractivity contribution in [2.75, 3.05) is 46.1 Å². The van der Waals surface area contributed by atoms with Gasteiger partial charge in [-0.15, -0.1) is 24.0 Å². The minimum absolute atomic E-state index is 0. The zero-order chi connectivity index (χ0) is 22.3. The smallest absolute Gasteiger partial charge is 0.231 e. The van der Waals surface area contributed by atoms with E-state index in [1.165, 1.54) is 5.56 Å². The van der Waals surface area contributed by atoms with E-state index in [1.807, 2.05) is 6.07 Å². The van der Waals surface area contributed by atoms with Crippen LogP contribution in [0.1, 0.15) is 50.4 Å². The van der Waals surface area contributed by atoms with Crippen molar-refractivity contribution in [1.29, 1.82) is 0 Å².